The number of hydrogen-bond donors (Lipinski definition) is 0. The number of ether oxygens (including phenoxy) is 4. The average Bonchev–Trinajstić information content (AvgIpc) is 3.09. The minimum absolute atomic E-state index is 0.225. The van der Waals surface area contributed by atoms with Crippen molar-refractivity contribution in [2.24, 2.45) is 4.99 Å². The molecule has 0 aromatic heterocycles. The van der Waals surface area contributed by atoms with Gasteiger partial charge in [0.15, 0.2) is 17.2 Å². The summed E-state index contributed by atoms with van der Waals surface area (Å²) in [5.74, 6) is 1.70. The van der Waals surface area contributed by atoms with Crippen LogP contribution in [0.4, 0.5) is 0 Å². The Morgan fingerprint density at radius 2 is 1.93 bits per heavy atom. The summed E-state index contributed by atoms with van der Waals surface area (Å²) < 4.78 is 21.7. The van der Waals surface area contributed by atoms with E-state index < -0.39 is 5.97 Å². The number of hydrogen-bond acceptors (Lipinski definition) is 6. The lowest BCUT2D eigenvalue weighted by molar-refractivity contribution is -0.129. The standard InChI is InChI=1S/C22H23NO5/c1-4-5-11-27-20-13-15(9-10-19(20)26-3)12-18-22(24)28-21(23-18)16-7-6-8-17(14-16)25-2/h6-10,12-14H,4-5,11H2,1-3H3/b18-12-. The number of unbranched alkanes of at least 4 members (excludes halogenated alkanes) is 1. The van der Waals surface area contributed by atoms with Crippen molar-refractivity contribution in [2.75, 3.05) is 20.8 Å². The van der Waals surface area contributed by atoms with Crippen molar-refractivity contribution in [3.8, 4) is 17.2 Å². The van der Waals surface area contributed by atoms with Crippen molar-refractivity contribution in [2.45, 2.75) is 19.8 Å². The number of rotatable bonds is 8. The second-order valence-electron chi connectivity index (χ2n) is 6.18. The van der Waals surface area contributed by atoms with Crippen molar-refractivity contribution in [3.05, 3.63) is 59.3 Å². The Labute approximate surface area is 164 Å². The second kappa shape index (κ2) is 9.08. The highest BCUT2D eigenvalue weighted by Gasteiger charge is 2.24. The van der Waals surface area contributed by atoms with Gasteiger partial charge in [-0.25, -0.2) is 9.79 Å². The first-order valence-electron chi connectivity index (χ1n) is 9.12. The van der Waals surface area contributed by atoms with Crippen LogP contribution in [0.1, 0.15) is 30.9 Å². The third-order valence-corrected chi connectivity index (χ3v) is 4.18. The molecule has 1 aliphatic heterocycles. The molecule has 0 saturated carbocycles. The fraction of sp³-hybridized carbons (Fsp3) is 0.273. The van der Waals surface area contributed by atoms with Gasteiger partial charge < -0.3 is 18.9 Å². The van der Waals surface area contributed by atoms with E-state index in [1.807, 2.05) is 30.3 Å². The van der Waals surface area contributed by atoms with Crippen LogP contribution in [0, 0.1) is 0 Å². The van der Waals surface area contributed by atoms with Gasteiger partial charge in [0.1, 0.15) is 5.75 Å². The summed E-state index contributed by atoms with van der Waals surface area (Å²) in [6.45, 7) is 2.71. The number of cyclic esters (lactones) is 1. The lowest BCUT2D eigenvalue weighted by Crippen LogP contribution is -2.05. The molecule has 6 heteroatoms. The quantitative estimate of drug-likeness (QED) is 0.389. The molecule has 0 N–H and O–H groups in total. The van der Waals surface area contributed by atoms with Crippen molar-refractivity contribution >= 4 is 17.9 Å². The zero-order valence-electron chi connectivity index (χ0n) is 16.2. The summed E-state index contributed by atoms with van der Waals surface area (Å²) in [6.07, 6.45) is 3.66. The summed E-state index contributed by atoms with van der Waals surface area (Å²) in [5, 5.41) is 0. The number of aliphatic imine (C=N–C) groups is 1. The number of methoxy groups -OCH3 is 2. The van der Waals surface area contributed by atoms with Crippen molar-refractivity contribution in [3.63, 3.8) is 0 Å². The number of benzene rings is 2. The first kappa shape index (κ1) is 19.5. The van der Waals surface area contributed by atoms with Gasteiger partial charge >= 0.3 is 5.97 Å². The van der Waals surface area contributed by atoms with Crippen LogP contribution < -0.4 is 14.2 Å². The molecule has 0 saturated heterocycles. The molecule has 146 valence electrons. The zero-order valence-corrected chi connectivity index (χ0v) is 16.2. The molecule has 3 rings (SSSR count). The lowest BCUT2D eigenvalue weighted by atomic mass is 10.1. The Hall–Kier alpha value is -3.28. The molecule has 1 heterocycles. The average molecular weight is 381 g/mol. The van der Waals surface area contributed by atoms with Gasteiger partial charge in [0.2, 0.25) is 5.90 Å². The molecule has 0 fully saturated rings. The Morgan fingerprint density at radius 1 is 1.07 bits per heavy atom. The first-order chi connectivity index (χ1) is 13.6. The summed E-state index contributed by atoms with van der Waals surface area (Å²) in [5.41, 5.74) is 1.67. The van der Waals surface area contributed by atoms with Crippen LogP contribution in [0.25, 0.3) is 6.08 Å². The van der Waals surface area contributed by atoms with Gasteiger partial charge in [-0.2, -0.15) is 0 Å². The summed E-state index contributed by atoms with van der Waals surface area (Å²) in [7, 11) is 3.18. The molecule has 0 aliphatic carbocycles. The fourth-order valence-corrected chi connectivity index (χ4v) is 2.67. The molecule has 0 amide bonds. The van der Waals surface area contributed by atoms with Crippen LogP contribution in [-0.2, 0) is 9.53 Å². The molecule has 1 aliphatic rings. The predicted molar refractivity (Wildman–Crippen MR) is 107 cm³/mol. The van der Waals surface area contributed by atoms with E-state index in [0.717, 1.165) is 18.4 Å². The van der Waals surface area contributed by atoms with E-state index in [2.05, 4.69) is 11.9 Å². The highest BCUT2D eigenvalue weighted by Crippen LogP contribution is 2.30. The van der Waals surface area contributed by atoms with E-state index >= 15 is 0 Å². The molecule has 0 unspecified atom stereocenters. The highest BCUT2D eigenvalue weighted by molar-refractivity contribution is 6.13. The van der Waals surface area contributed by atoms with Gasteiger partial charge in [-0.05, 0) is 48.4 Å². The van der Waals surface area contributed by atoms with Crippen LogP contribution >= 0.6 is 0 Å². The smallest absolute Gasteiger partial charge is 0.363 e. The number of esters is 1. The molecule has 28 heavy (non-hydrogen) atoms. The van der Waals surface area contributed by atoms with Crippen molar-refractivity contribution in [1.29, 1.82) is 0 Å². The SMILES string of the molecule is CCCCOc1cc(/C=C2\N=C(c3cccc(OC)c3)OC2=O)ccc1OC. The van der Waals surface area contributed by atoms with Crippen LogP contribution in [-0.4, -0.2) is 32.7 Å². The molecule has 2 aromatic rings. The molecule has 0 spiro atoms. The molecule has 2 aromatic carbocycles. The largest absolute Gasteiger partial charge is 0.497 e. The zero-order chi connectivity index (χ0) is 19.9. The van der Waals surface area contributed by atoms with E-state index in [4.69, 9.17) is 18.9 Å². The van der Waals surface area contributed by atoms with Crippen LogP contribution in [0.15, 0.2) is 53.2 Å². The van der Waals surface area contributed by atoms with Gasteiger partial charge in [-0.15, -0.1) is 0 Å². The lowest BCUT2D eigenvalue weighted by Gasteiger charge is -2.11. The van der Waals surface area contributed by atoms with E-state index in [0.29, 0.717) is 29.4 Å². The van der Waals surface area contributed by atoms with Gasteiger partial charge in [-0.1, -0.05) is 25.5 Å². The molecule has 0 radical (unpaired) electrons. The van der Waals surface area contributed by atoms with Gasteiger partial charge in [-0.3, -0.25) is 0 Å². The molecular formula is C22H23NO5. The predicted octanol–water partition coefficient (Wildman–Crippen LogP) is 4.23. The summed E-state index contributed by atoms with van der Waals surface area (Å²) in [4.78, 5) is 16.6. The number of nitrogens with zero attached hydrogens (tertiary/aromatic N) is 1. The second-order valence-corrected chi connectivity index (χ2v) is 6.18. The van der Waals surface area contributed by atoms with Crippen LogP contribution in [0.3, 0.4) is 0 Å². The minimum Gasteiger partial charge on any atom is -0.497 e. The van der Waals surface area contributed by atoms with Crippen molar-refractivity contribution in [1.82, 2.24) is 0 Å². The topological polar surface area (TPSA) is 66.3 Å². The molecular weight excluding hydrogens is 358 g/mol. The number of carbonyl (C=O) groups is 1. The van der Waals surface area contributed by atoms with E-state index in [-0.39, 0.29) is 11.6 Å². The Bertz CT molecular complexity index is 917. The minimum atomic E-state index is -0.498. The van der Waals surface area contributed by atoms with E-state index in [1.165, 1.54) is 0 Å². The maximum atomic E-state index is 12.2. The van der Waals surface area contributed by atoms with Crippen LogP contribution in [0.2, 0.25) is 0 Å². The Morgan fingerprint density at radius 3 is 2.68 bits per heavy atom. The van der Waals surface area contributed by atoms with E-state index in [1.54, 1.807) is 32.4 Å². The summed E-state index contributed by atoms with van der Waals surface area (Å²) in [6, 6.07) is 12.7. The van der Waals surface area contributed by atoms with Gasteiger partial charge in [0.25, 0.3) is 0 Å². The molecule has 0 atom stereocenters. The highest BCUT2D eigenvalue weighted by atomic mass is 16.6. The van der Waals surface area contributed by atoms with Crippen molar-refractivity contribution < 1.29 is 23.7 Å². The molecule has 6 nitrogen and oxygen atoms in total. The fourth-order valence-electron chi connectivity index (χ4n) is 2.67. The molecule has 0 bridgehead atoms. The monoisotopic (exact) mass is 381 g/mol. The van der Waals surface area contributed by atoms with Gasteiger partial charge in [0, 0.05) is 5.56 Å². The third kappa shape index (κ3) is 4.52. The third-order valence-electron chi connectivity index (χ3n) is 4.18. The van der Waals surface area contributed by atoms with Gasteiger partial charge in [0.05, 0.1) is 20.8 Å². The number of carbonyl (C=O) groups excluding carboxylic acids is 1. The summed E-state index contributed by atoms with van der Waals surface area (Å²) >= 11 is 0. The Kier molecular flexibility index (Phi) is 6.32. The maximum absolute atomic E-state index is 12.2. The Balaban J connectivity index is 1.86. The maximum Gasteiger partial charge on any atom is 0.363 e. The van der Waals surface area contributed by atoms with Crippen LogP contribution in [0.5, 0.6) is 17.2 Å². The van der Waals surface area contributed by atoms with E-state index in [9.17, 15) is 4.79 Å². The normalized spacial score (nSPS) is 14.6. The first-order valence-corrected chi connectivity index (χ1v) is 9.12.